The van der Waals surface area contributed by atoms with E-state index in [1.807, 2.05) is 11.3 Å². The van der Waals surface area contributed by atoms with Gasteiger partial charge in [-0.2, -0.15) is 0 Å². The Morgan fingerprint density at radius 1 is 1.40 bits per heavy atom. The molecule has 2 aromatic heterocycles. The van der Waals surface area contributed by atoms with Crippen LogP contribution in [0, 0.1) is 6.92 Å². The van der Waals surface area contributed by atoms with Crippen molar-refractivity contribution in [2.45, 2.75) is 39.5 Å². The van der Waals surface area contributed by atoms with Crippen LogP contribution < -0.4 is 10.9 Å². The fourth-order valence-electron chi connectivity index (χ4n) is 3.33. The predicted molar refractivity (Wildman–Crippen MR) is 100 cm³/mol. The quantitative estimate of drug-likeness (QED) is 0.754. The maximum absolute atomic E-state index is 12.2. The summed E-state index contributed by atoms with van der Waals surface area (Å²) < 4.78 is 6.65. The maximum atomic E-state index is 12.2. The second kappa shape index (κ2) is 6.71. The molecule has 0 unspecified atom stereocenters. The molecule has 4 rings (SSSR count). The van der Waals surface area contributed by atoms with Crippen molar-refractivity contribution in [1.29, 1.82) is 0 Å². The highest BCUT2D eigenvalue weighted by Crippen LogP contribution is 2.34. The standard InChI is InChI=1S/C19H21N3O2S/c1-11-13-5-3-4-6-16(13)25-18(11)12(2)20-9-17-21-15-7-8-24-10-14(15)19(23)22-17/h3-6,12,20H,7-10H2,1-2H3,(H,21,22,23)/t12-/m1/s1. The molecule has 5 nitrogen and oxygen atoms in total. The highest BCUT2D eigenvalue weighted by atomic mass is 32.1. The van der Waals surface area contributed by atoms with Crippen molar-refractivity contribution in [2.24, 2.45) is 0 Å². The number of aromatic nitrogens is 2. The molecule has 25 heavy (non-hydrogen) atoms. The number of nitrogens with one attached hydrogen (secondary N) is 2. The lowest BCUT2D eigenvalue weighted by Crippen LogP contribution is -2.28. The summed E-state index contributed by atoms with van der Waals surface area (Å²) >= 11 is 1.82. The minimum absolute atomic E-state index is 0.0767. The van der Waals surface area contributed by atoms with Gasteiger partial charge in [0, 0.05) is 22.0 Å². The number of thiophene rings is 1. The Labute approximate surface area is 150 Å². The summed E-state index contributed by atoms with van der Waals surface area (Å²) in [6.45, 7) is 5.86. The topological polar surface area (TPSA) is 67.0 Å². The van der Waals surface area contributed by atoms with Gasteiger partial charge in [0.25, 0.3) is 5.56 Å². The van der Waals surface area contributed by atoms with Crippen LogP contribution in [-0.2, 0) is 24.3 Å². The van der Waals surface area contributed by atoms with Gasteiger partial charge in [0.1, 0.15) is 5.82 Å². The van der Waals surface area contributed by atoms with E-state index in [0.29, 0.717) is 37.6 Å². The summed E-state index contributed by atoms with van der Waals surface area (Å²) in [5, 5.41) is 4.81. The van der Waals surface area contributed by atoms with Crippen LogP contribution in [0.4, 0.5) is 0 Å². The Balaban J connectivity index is 1.53. The summed E-state index contributed by atoms with van der Waals surface area (Å²) in [5.41, 5.74) is 2.79. The van der Waals surface area contributed by atoms with Crippen molar-refractivity contribution in [1.82, 2.24) is 15.3 Å². The van der Waals surface area contributed by atoms with Gasteiger partial charge < -0.3 is 15.0 Å². The molecular formula is C19H21N3O2S. The minimum atomic E-state index is -0.0767. The van der Waals surface area contributed by atoms with Crippen LogP contribution in [0.1, 0.15) is 40.5 Å². The van der Waals surface area contributed by atoms with E-state index in [4.69, 9.17) is 4.74 Å². The number of ether oxygens (including phenoxy) is 1. The molecule has 0 radical (unpaired) electrons. The van der Waals surface area contributed by atoms with Crippen molar-refractivity contribution in [3.8, 4) is 0 Å². The largest absolute Gasteiger partial charge is 0.376 e. The highest BCUT2D eigenvalue weighted by Gasteiger charge is 2.17. The van der Waals surface area contributed by atoms with Crippen LogP contribution in [0.15, 0.2) is 29.1 Å². The average molecular weight is 355 g/mol. The van der Waals surface area contributed by atoms with Crippen LogP contribution in [0.2, 0.25) is 0 Å². The third-order valence-electron chi connectivity index (χ3n) is 4.73. The van der Waals surface area contributed by atoms with Crippen LogP contribution >= 0.6 is 11.3 Å². The molecule has 0 saturated carbocycles. The van der Waals surface area contributed by atoms with E-state index in [2.05, 4.69) is 53.4 Å². The molecule has 0 spiro atoms. The molecular weight excluding hydrogens is 334 g/mol. The van der Waals surface area contributed by atoms with Crippen LogP contribution in [-0.4, -0.2) is 16.6 Å². The number of aryl methyl sites for hydroxylation is 1. The van der Waals surface area contributed by atoms with E-state index >= 15 is 0 Å². The number of fused-ring (bicyclic) bond motifs is 2. The zero-order chi connectivity index (χ0) is 17.4. The van der Waals surface area contributed by atoms with E-state index in [-0.39, 0.29) is 11.6 Å². The zero-order valence-electron chi connectivity index (χ0n) is 14.4. The predicted octanol–water partition coefficient (Wildman–Crippen LogP) is 3.22. The third kappa shape index (κ3) is 3.13. The number of rotatable bonds is 4. The van der Waals surface area contributed by atoms with Crippen LogP contribution in [0.3, 0.4) is 0 Å². The molecule has 1 aliphatic rings. The number of nitrogens with zero attached hydrogens (tertiary/aromatic N) is 1. The van der Waals surface area contributed by atoms with E-state index in [1.165, 1.54) is 20.5 Å². The third-order valence-corrected chi connectivity index (χ3v) is 6.18. The maximum Gasteiger partial charge on any atom is 0.256 e. The molecule has 2 N–H and O–H groups in total. The summed E-state index contributed by atoms with van der Waals surface area (Å²) in [6.07, 6.45) is 0.706. The van der Waals surface area contributed by atoms with E-state index in [0.717, 1.165) is 5.69 Å². The van der Waals surface area contributed by atoms with E-state index in [9.17, 15) is 4.79 Å². The van der Waals surface area contributed by atoms with E-state index < -0.39 is 0 Å². The summed E-state index contributed by atoms with van der Waals surface area (Å²) in [6, 6.07) is 8.68. The minimum Gasteiger partial charge on any atom is -0.376 e. The van der Waals surface area contributed by atoms with Gasteiger partial charge in [-0.1, -0.05) is 18.2 Å². The smallest absolute Gasteiger partial charge is 0.256 e. The number of aromatic amines is 1. The lowest BCUT2D eigenvalue weighted by Gasteiger charge is -2.17. The molecule has 1 aliphatic heterocycles. The molecule has 130 valence electrons. The monoisotopic (exact) mass is 355 g/mol. The Bertz CT molecular complexity index is 976. The van der Waals surface area contributed by atoms with Gasteiger partial charge in [-0.05, 0) is 30.9 Å². The fraction of sp³-hybridized carbons (Fsp3) is 0.368. The Kier molecular flexibility index (Phi) is 4.41. The molecule has 0 fully saturated rings. The lowest BCUT2D eigenvalue weighted by molar-refractivity contribution is 0.107. The van der Waals surface area contributed by atoms with Crippen molar-refractivity contribution in [2.75, 3.05) is 6.61 Å². The summed E-state index contributed by atoms with van der Waals surface area (Å²) in [7, 11) is 0. The number of H-pyrrole nitrogens is 1. The molecule has 0 aliphatic carbocycles. The fourth-order valence-corrected chi connectivity index (χ4v) is 4.56. The zero-order valence-corrected chi connectivity index (χ0v) is 15.2. The van der Waals surface area contributed by atoms with Gasteiger partial charge in [0.15, 0.2) is 0 Å². The van der Waals surface area contributed by atoms with Gasteiger partial charge in [-0.15, -0.1) is 11.3 Å². The average Bonchev–Trinajstić information content (AvgIpc) is 2.97. The second-order valence-corrected chi connectivity index (χ2v) is 7.51. The second-order valence-electron chi connectivity index (χ2n) is 6.43. The molecule has 1 aromatic carbocycles. The van der Waals surface area contributed by atoms with Gasteiger partial charge in [-0.25, -0.2) is 4.98 Å². The van der Waals surface area contributed by atoms with E-state index in [1.54, 1.807) is 0 Å². The van der Waals surface area contributed by atoms with Crippen LogP contribution in [0.25, 0.3) is 10.1 Å². The molecule has 3 heterocycles. The van der Waals surface area contributed by atoms with Gasteiger partial charge >= 0.3 is 0 Å². The molecule has 6 heteroatoms. The van der Waals surface area contributed by atoms with Crippen LogP contribution in [0.5, 0.6) is 0 Å². The summed E-state index contributed by atoms with van der Waals surface area (Å²) in [5.74, 6) is 0.691. The summed E-state index contributed by atoms with van der Waals surface area (Å²) in [4.78, 5) is 21.0. The molecule has 0 bridgehead atoms. The molecule has 1 atom stereocenters. The van der Waals surface area contributed by atoms with Gasteiger partial charge in [0.2, 0.25) is 0 Å². The molecule has 3 aromatic rings. The van der Waals surface area contributed by atoms with Crippen molar-refractivity contribution < 1.29 is 4.74 Å². The normalized spacial score (nSPS) is 15.3. The first kappa shape index (κ1) is 16.4. The Hall–Kier alpha value is -2.02. The first-order valence-electron chi connectivity index (χ1n) is 8.53. The first-order chi connectivity index (χ1) is 12.1. The van der Waals surface area contributed by atoms with Crippen molar-refractivity contribution in [3.05, 3.63) is 62.1 Å². The van der Waals surface area contributed by atoms with Gasteiger partial charge in [0.05, 0.1) is 31.0 Å². The SMILES string of the molecule is Cc1c([C@@H](C)NCc2nc3c(c(=O)[nH]2)COCC3)sc2ccccc12. The van der Waals surface area contributed by atoms with Crippen molar-refractivity contribution in [3.63, 3.8) is 0 Å². The number of hydrogen-bond donors (Lipinski definition) is 2. The van der Waals surface area contributed by atoms with Gasteiger partial charge in [-0.3, -0.25) is 4.79 Å². The molecule has 0 amide bonds. The highest BCUT2D eigenvalue weighted by molar-refractivity contribution is 7.19. The number of benzene rings is 1. The first-order valence-corrected chi connectivity index (χ1v) is 9.35. The number of hydrogen-bond acceptors (Lipinski definition) is 5. The van der Waals surface area contributed by atoms with Crippen molar-refractivity contribution >= 4 is 21.4 Å². The Morgan fingerprint density at radius 2 is 2.24 bits per heavy atom. The molecule has 0 saturated heterocycles. The lowest BCUT2D eigenvalue weighted by atomic mass is 10.1. The Morgan fingerprint density at radius 3 is 3.08 bits per heavy atom.